The van der Waals surface area contributed by atoms with Gasteiger partial charge in [0.2, 0.25) is 11.9 Å². The number of nitrogens with zero attached hydrogens (tertiary/aromatic N) is 4. The average Bonchev–Trinajstić information content (AvgIpc) is 2.88. The number of anilines is 1. The summed E-state index contributed by atoms with van der Waals surface area (Å²) >= 11 is 0. The highest BCUT2D eigenvalue weighted by atomic mass is 16.2. The van der Waals surface area contributed by atoms with E-state index in [9.17, 15) is 4.79 Å². The molecule has 1 unspecified atom stereocenters. The van der Waals surface area contributed by atoms with Gasteiger partial charge in [-0.2, -0.15) is 5.10 Å². The van der Waals surface area contributed by atoms with Crippen molar-refractivity contribution in [3.05, 3.63) is 30.9 Å². The third-order valence-electron chi connectivity index (χ3n) is 2.54. The molecule has 0 aliphatic carbocycles. The van der Waals surface area contributed by atoms with Crippen LogP contribution in [0.1, 0.15) is 19.8 Å². The molecule has 0 aliphatic heterocycles. The van der Waals surface area contributed by atoms with Crippen molar-refractivity contribution in [1.29, 1.82) is 0 Å². The number of carbonyl (C=O) groups excluding carboxylic acids is 1. The van der Waals surface area contributed by atoms with Crippen LogP contribution in [0.25, 0.3) is 5.95 Å². The van der Waals surface area contributed by atoms with Crippen molar-refractivity contribution in [3.63, 3.8) is 0 Å². The molecule has 0 bridgehead atoms. The quantitative estimate of drug-likeness (QED) is 0.825. The molecule has 1 atom stereocenters. The normalized spacial score (nSPS) is 12.1. The molecule has 0 saturated heterocycles. The molecule has 2 rings (SSSR count). The Morgan fingerprint density at radius 3 is 2.89 bits per heavy atom. The Morgan fingerprint density at radius 1 is 1.47 bits per heavy atom. The number of aromatic nitrogens is 4. The van der Waals surface area contributed by atoms with Crippen LogP contribution >= 0.6 is 0 Å². The molecule has 7 heteroatoms. The van der Waals surface area contributed by atoms with Crippen molar-refractivity contribution in [1.82, 2.24) is 19.7 Å². The summed E-state index contributed by atoms with van der Waals surface area (Å²) in [5.74, 6) is 0.233. The monoisotopic (exact) mass is 260 g/mol. The highest BCUT2D eigenvalue weighted by Gasteiger charge is 2.13. The molecule has 2 aromatic heterocycles. The third kappa shape index (κ3) is 3.35. The fraction of sp³-hybridized carbons (Fsp3) is 0.333. The minimum Gasteiger partial charge on any atom is -0.322 e. The molecule has 2 aromatic rings. The molecule has 19 heavy (non-hydrogen) atoms. The first-order chi connectivity index (χ1) is 9.20. The van der Waals surface area contributed by atoms with Gasteiger partial charge in [0.25, 0.3) is 0 Å². The van der Waals surface area contributed by atoms with E-state index in [-0.39, 0.29) is 5.91 Å². The molecule has 0 aromatic carbocycles. The van der Waals surface area contributed by atoms with Crippen LogP contribution in [0.3, 0.4) is 0 Å². The molecule has 100 valence electrons. The van der Waals surface area contributed by atoms with E-state index >= 15 is 0 Å². The molecule has 2 heterocycles. The minimum absolute atomic E-state index is 0.213. The van der Waals surface area contributed by atoms with Gasteiger partial charge < -0.3 is 11.1 Å². The summed E-state index contributed by atoms with van der Waals surface area (Å²) < 4.78 is 1.49. The summed E-state index contributed by atoms with van der Waals surface area (Å²) in [5.41, 5.74) is 6.30. The highest BCUT2D eigenvalue weighted by Crippen LogP contribution is 2.08. The first kappa shape index (κ1) is 13.2. The number of nitrogens with two attached hydrogens (primary N) is 1. The van der Waals surface area contributed by atoms with Gasteiger partial charge in [-0.15, -0.1) is 0 Å². The van der Waals surface area contributed by atoms with Crippen LogP contribution < -0.4 is 11.1 Å². The summed E-state index contributed by atoms with van der Waals surface area (Å²) in [6.45, 7) is 1.98. The van der Waals surface area contributed by atoms with Crippen molar-refractivity contribution < 1.29 is 4.79 Å². The molecule has 0 radical (unpaired) electrons. The largest absolute Gasteiger partial charge is 0.322 e. The molecule has 0 aliphatic rings. The zero-order valence-corrected chi connectivity index (χ0v) is 10.7. The van der Waals surface area contributed by atoms with Crippen LogP contribution in [0.15, 0.2) is 30.9 Å². The van der Waals surface area contributed by atoms with Gasteiger partial charge in [0.1, 0.15) is 0 Å². The lowest BCUT2D eigenvalue weighted by molar-refractivity contribution is -0.117. The number of rotatable bonds is 5. The number of hydrogen-bond donors (Lipinski definition) is 2. The van der Waals surface area contributed by atoms with Crippen LogP contribution in [0, 0.1) is 0 Å². The molecule has 0 fully saturated rings. The van der Waals surface area contributed by atoms with Crippen LogP contribution in [0.5, 0.6) is 0 Å². The lowest BCUT2D eigenvalue weighted by Crippen LogP contribution is -2.35. The van der Waals surface area contributed by atoms with Crippen molar-refractivity contribution in [2.45, 2.75) is 25.8 Å². The summed E-state index contributed by atoms with van der Waals surface area (Å²) in [7, 11) is 0. The number of carbonyl (C=O) groups is 1. The molecular weight excluding hydrogens is 244 g/mol. The second kappa shape index (κ2) is 6.05. The Kier molecular flexibility index (Phi) is 4.19. The summed E-state index contributed by atoms with van der Waals surface area (Å²) in [4.78, 5) is 19.9. The van der Waals surface area contributed by atoms with Gasteiger partial charge in [0.05, 0.1) is 24.1 Å². The Bertz CT molecular complexity index is 538. The lowest BCUT2D eigenvalue weighted by atomic mass is 10.2. The molecule has 0 saturated carbocycles. The Labute approximate surface area is 110 Å². The molecule has 0 spiro atoms. The van der Waals surface area contributed by atoms with Gasteiger partial charge >= 0.3 is 0 Å². The first-order valence-electron chi connectivity index (χ1n) is 6.09. The second-order valence-electron chi connectivity index (χ2n) is 4.11. The highest BCUT2D eigenvalue weighted by molar-refractivity contribution is 5.94. The van der Waals surface area contributed by atoms with Crippen LogP contribution in [0.2, 0.25) is 0 Å². The van der Waals surface area contributed by atoms with E-state index in [1.807, 2.05) is 6.92 Å². The van der Waals surface area contributed by atoms with E-state index in [2.05, 4.69) is 20.4 Å². The maximum atomic E-state index is 11.7. The van der Waals surface area contributed by atoms with Crippen LogP contribution in [-0.4, -0.2) is 31.7 Å². The topological polar surface area (TPSA) is 98.7 Å². The van der Waals surface area contributed by atoms with E-state index in [4.69, 9.17) is 5.73 Å². The van der Waals surface area contributed by atoms with E-state index in [0.717, 1.165) is 6.42 Å². The number of hydrogen-bond acceptors (Lipinski definition) is 5. The van der Waals surface area contributed by atoms with Crippen molar-refractivity contribution >= 4 is 11.6 Å². The van der Waals surface area contributed by atoms with E-state index < -0.39 is 6.04 Å². The lowest BCUT2D eigenvalue weighted by Gasteiger charge is -2.09. The predicted molar refractivity (Wildman–Crippen MR) is 70.7 cm³/mol. The molecule has 7 nitrogen and oxygen atoms in total. The van der Waals surface area contributed by atoms with Crippen molar-refractivity contribution in [3.8, 4) is 5.95 Å². The zero-order chi connectivity index (χ0) is 13.7. The maximum Gasteiger partial charge on any atom is 0.250 e. The fourth-order valence-corrected chi connectivity index (χ4v) is 1.58. The van der Waals surface area contributed by atoms with Crippen molar-refractivity contribution in [2.75, 3.05) is 5.32 Å². The van der Waals surface area contributed by atoms with E-state index in [0.29, 0.717) is 18.1 Å². The van der Waals surface area contributed by atoms with Gasteiger partial charge in [-0.25, -0.2) is 14.6 Å². The van der Waals surface area contributed by atoms with Gasteiger partial charge in [-0.3, -0.25) is 4.79 Å². The Balaban J connectivity index is 2.04. The summed E-state index contributed by atoms with van der Waals surface area (Å²) in [6.07, 6.45) is 7.95. The first-order valence-corrected chi connectivity index (χ1v) is 6.09. The number of amides is 1. The average molecular weight is 260 g/mol. The van der Waals surface area contributed by atoms with Gasteiger partial charge in [-0.05, 0) is 12.5 Å². The molecule has 1 amide bonds. The van der Waals surface area contributed by atoms with Gasteiger partial charge in [0.15, 0.2) is 0 Å². The zero-order valence-electron chi connectivity index (χ0n) is 10.7. The standard InChI is InChI=1S/C12H16N6O/c1-2-4-10(13)11(19)17-9-7-16-18(8-9)12-14-5-3-6-15-12/h3,5-8,10H,2,4,13H2,1H3,(H,17,19). The van der Waals surface area contributed by atoms with Gasteiger partial charge in [-0.1, -0.05) is 13.3 Å². The van der Waals surface area contributed by atoms with Gasteiger partial charge in [0, 0.05) is 12.4 Å². The van der Waals surface area contributed by atoms with E-state index in [1.54, 1.807) is 24.7 Å². The third-order valence-corrected chi connectivity index (χ3v) is 2.54. The summed E-state index contributed by atoms with van der Waals surface area (Å²) in [6, 6.07) is 1.22. The Morgan fingerprint density at radius 2 is 2.21 bits per heavy atom. The second-order valence-corrected chi connectivity index (χ2v) is 4.11. The Hall–Kier alpha value is -2.28. The molecule has 3 N–H and O–H groups in total. The SMILES string of the molecule is CCCC(N)C(=O)Nc1cnn(-c2ncccn2)c1. The fourth-order valence-electron chi connectivity index (χ4n) is 1.58. The predicted octanol–water partition coefficient (Wildman–Crippen LogP) is 0.728. The van der Waals surface area contributed by atoms with Crippen molar-refractivity contribution in [2.24, 2.45) is 5.73 Å². The molecular formula is C12H16N6O. The van der Waals surface area contributed by atoms with E-state index in [1.165, 1.54) is 10.9 Å². The smallest absolute Gasteiger partial charge is 0.250 e. The van der Waals surface area contributed by atoms with Crippen LogP contribution in [-0.2, 0) is 4.79 Å². The van der Waals surface area contributed by atoms with Crippen LogP contribution in [0.4, 0.5) is 5.69 Å². The summed E-state index contributed by atoms with van der Waals surface area (Å²) in [5, 5.41) is 6.79. The number of nitrogens with one attached hydrogen (secondary N) is 1. The maximum absolute atomic E-state index is 11.7. The minimum atomic E-state index is -0.499.